The van der Waals surface area contributed by atoms with Gasteiger partial charge in [0, 0.05) is 38.0 Å². The van der Waals surface area contributed by atoms with Crippen molar-refractivity contribution in [1.29, 1.82) is 0 Å². The molecule has 10 rings (SSSR count). The first-order valence-electron chi connectivity index (χ1n) is 25.1. The minimum absolute atomic E-state index is 0.00633. The molecule has 342 valence electrons. The fraction of sp³-hybridized carbons (Fsp3) is 0.452. The molecule has 0 atom stereocenters. The Morgan fingerprint density at radius 1 is 0.485 bits per heavy atom. The number of nitrogens with zero attached hydrogens (tertiary/aromatic N) is 2. The highest BCUT2D eigenvalue weighted by atomic mass is 32.1. The molecule has 0 spiro atoms. The number of thiophene rings is 1. The minimum atomic E-state index is -0.107. The van der Waals surface area contributed by atoms with E-state index in [1.807, 2.05) is 0 Å². The van der Waals surface area contributed by atoms with E-state index in [2.05, 4.69) is 236 Å². The summed E-state index contributed by atoms with van der Waals surface area (Å²) in [5.41, 5.74) is 22.2. The Hall–Kier alpha value is -4.54. The van der Waals surface area contributed by atoms with E-state index in [4.69, 9.17) is 0 Å². The molecule has 6 aromatic rings. The summed E-state index contributed by atoms with van der Waals surface area (Å²) in [5, 5.41) is 0. The van der Waals surface area contributed by atoms with Gasteiger partial charge >= 0.3 is 0 Å². The predicted molar refractivity (Wildman–Crippen MR) is 290 cm³/mol. The SMILES string of the molecule is CC(C)(C)c1ccc(N2c3cc4c(cc3B3c5sc6c(c5N(c5ccc(C(C)(C)C)cc5-c5ccccc5)c5cc(C(C)(C)C)cc2c53)C(C)(C)CCC6(C)C)C(C)(C)CCC4(C)C)cc1. The summed E-state index contributed by atoms with van der Waals surface area (Å²) in [7, 11) is 0. The Morgan fingerprint density at radius 3 is 1.61 bits per heavy atom. The molecule has 0 amide bonds. The second-order valence-corrected chi connectivity index (χ2v) is 27.5. The molecule has 66 heavy (non-hydrogen) atoms. The number of fused-ring (bicyclic) bond motifs is 7. The normalized spacial score (nSPS) is 18.8. The quantitative estimate of drug-likeness (QED) is 0.163. The van der Waals surface area contributed by atoms with Crippen LogP contribution < -0.4 is 25.5 Å². The van der Waals surface area contributed by atoms with Crippen LogP contribution >= 0.6 is 11.3 Å². The summed E-state index contributed by atoms with van der Waals surface area (Å²) in [5.74, 6) is 0. The van der Waals surface area contributed by atoms with Gasteiger partial charge in [-0.15, -0.1) is 0 Å². The Balaban J connectivity index is 1.40. The molecule has 0 fully saturated rings. The van der Waals surface area contributed by atoms with Crippen molar-refractivity contribution >= 4 is 67.9 Å². The lowest BCUT2D eigenvalue weighted by Gasteiger charge is -2.48. The molecule has 3 heterocycles. The molecule has 2 aliphatic heterocycles. The average Bonchev–Trinajstić information content (AvgIpc) is 3.66. The number of benzene rings is 5. The molecule has 4 aliphatic rings. The highest BCUT2D eigenvalue weighted by Crippen LogP contribution is 2.58. The number of hydrogen-bond donors (Lipinski definition) is 0. The van der Waals surface area contributed by atoms with Crippen LogP contribution in [0.15, 0.2) is 97.1 Å². The molecule has 0 N–H and O–H groups in total. The third kappa shape index (κ3) is 6.99. The average molecular weight is 891 g/mol. The number of rotatable bonds is 3. The Labute approximate surface area is 403 Å². The largest absolute Gasteiger partial charge is 0.311 e. The molecular weight excluding hydrogens is 816 g/mol. The van der Waals surface area contributed by atoms with Gasteiger partial charge in [0.2, 0.25) is 0 Å². The van der Waals surface area contributed by atoms with Gasteiger partial charge in [-0.05, 0) is 156 Å². The van der Waals surface area contributed by atoms with Crippen molar-refractivity contribution in [2.45, 2.75) is 181 Å². The molecule has 0 unspecified atom stereocenters. The van der Waals surface area contributed by atoms with E-state index in [9.17, 15) is 0 Å². The maximum absolute atomic E-state index is 2.80. The lowest BCUT2D eigenvalue weighted by atomic mass is 9.35. The van der Waals surface area contributed by atoms with Gasteiger partial charge in [-0.3, -0.25) is 0 Å². The van der Waals surface area contributed by atoms with Crippen LogP contribution in [-0.2, 0) is 37.9 Å². The third-order valence-corrected chi connectivity index (χ3v) is 18.2. The van der Waals surface area contributed by atoms with E-state index in [0.29, 0.717) is 0 Å². The summed E-state index contributed by atoms with van der Waals surface area (Å²) >= 11 is 2.15. The van der Waals surface area contributed by atoms with Gasteiger partial charge in [0.1, 0.15) is 0 Å². The lowest BCUT2D eigenvalue weighted by molar-refractivity contribution is 0.332. The summed E-state index contributed by atoms with van der Waals surface area (Å²) in [6.07, 6.45) is 4.72. The van der Waals surface area contributed by atoms with Crippen molar-refractivity contribution in [2.24, 2.45) is 0 Å². The first-order valence-corrected chi connectivity index (χ1v) is 25.9. The maximum atomic E-state index is 2.80. The van der Waals surface area contributed by atoms with Crippen LogP contribution in [0.4, 0.5) is 34.1 Å². The van der Waals surface area contributed by atoms with Gasteiger partial charge in [-0.1, -0.05) is 172 Å². The molecule has 0 saturated heterocycles. The maximum Gasteiger partial charge on any atom is 0.264 e. The van der Waals surface area contributed by atoms with Gasteiger partial charge in [0.15, 0.2) is 0 Å². The molecule has 5 aromatic carbocycles. The van der Waals surface area contributed by atoms with Crippen LogP contribution in [0.5, 0.6) is 0 Å². The topological polar surface area (TPSA) is 6.48 Å². The van der Waals surface area contributed by atoms with Crippen molar-refractivity contribution < 1.29 is 0 Å². The van der Waals surface area contributed by atoms with Crippen LogP contribution in [0.3, 0.4) is 0 Å². The van der Waals surface area contributed by atoms with E-state index >= 15 is 0 Å². The lowest BCUT2D eigenvalue weighted by Crippen LogP contribution is -2.61. The van der Waals surface area contributed by atoms with E-state index in [1.54, 1.807) is 10.4 Å². The summed E-state index contributed by atoms with van der Waals surface area (Å²) in [6.45, 7) is 41.5. The molecule has 0 bridgehead atoms. The van der Waals surface area contributed by atoms with Gasteiger partial charge in [-0.2, -0.15) is 11.3 Å². The van der Waals surface area contributed by atoms with E-state index < -0.39 is 0 Å². The van der Waals surface area contributed by atoms with Crippen LogP contribution in [0.25, 0.3) is 11.1 Å². The first kappa shape index (κ1) is 45.3. The van der Waals surface area contributed by atoms with E-state index in [0.717, 1.165) is 6.42 Å². The highest BCUT2D eigenvalue weighted by Gasteiger charge is 2.52. The fourth-order valence-corrected chi connectivity index (χ4v) is 13.7. The second-order valence-electron chi connectivity index (χ2n) is 26.4. The zero-order valence-corrected chi connectivity index (χ0v) is 44.3. The fourth-order valence-electron chi connectivity index (χ4n) is 12.0. The smallest absolute Gasteiger partial charge is 0.264 e. The van der Waals surface area contributed by atoms with Gasteiger partial charge in [-0.25, -0.2) is 0 Å². The zero-order valence-electron chi connectivity index (χ0n) is 43.4. The Kier molecular flexibility index (Phi) is 9.94. The van der Waals surface area contributed by atoms with Gasteiger partial charge in [0.05, 0.1) is 11.4 Å². The number of anilines is 6. The van der Waals surface area contributed by atoms with Crippen molar-refractivity contribution in [2.75, 3.05) is 9.80 Å². The molecule has 4 heteroatoms. The van der Waals surface area contributed by atoms with Crippen LogP contribution in [-0.4, -0.2) is 6.71 Å². The van der Waals surface area contributed by atoms with E-state index in [-0.39, 0.29) is 44.6 Å². The molecule has 2 aliphatic carbocycles. The molecule has 1 aromatic heterocycles. The zero-order chi connectivity index (χ0) is 47.5. The molecule has 0 radical (unpaired) electrons. The monoisotopic (exact) mass is 891 g/mol. The Morgan fingerprint density at radius 2 is 1.02 bits per heavy atom. The predicted octanol–water partition coefficient (Wildman–Crippen LogP) is 16.1. The molecular formula is C62H75BN2S. The second kappa shape index (κ2) is 14.5. The minimum Gasteiger partial charge on any atom is -0.311 e. The summed E-state index contributed by atoms with van der Waals surface area (Å²) in [6, 6.07) is 38.8. The van der Waals surface area contributed by atoms with Crippen LogP contribution in [0.1, 0.15) is 182 Å². The van der Waals surface area contributed by atoms with Crippen molar-refractivity contribution in [1.82, 2.24) is 0 Å². The molecule has 2 nitrogen and oxygen atoms in total. The van der Waals surface area contributed by atoms with E-state index in [1.165, 1.54) is 108 Å². The van der Waals surface area contributed by atoms with Crippen molar-refractivity contribution in [3.8, 4) is 11.1 Å². The third-order valence-electron chi connectivity index (χ3n) is 16.6. The summed E-state index contributed by atoms with van der Waals surface area (Å²) in [4.78, 5) is 7.06. The summed E-state index contributed by atoms with van der Waals surface area (Å²) < 4.78 is 1.51. The van der Waals surface area contributed by atoms with Crippen LogP contribution in [0, 0.1) is 0 Å². The number of hydrogen-bond acceptors (Lipinski definition) is 3. The van der Waals surface area contributed by atoms with Crippen molar-refractivity contribution in [3.05, 3.63) is 135 Å². The Bertz CT molecular complexity index is 2920. The van der Waals surface area contributed by atoms with Gasteiger partial charge < -0.3 is 9.80 Å². The van der Waals surface area contributed by atoms with Crippen LogP contribution in [0.2, 0.25) is 0 Å². The highest BCUT2D eigenvalue weighted by molar-refractivity contribution is 7.29. The first-order chi connectivity index (χ1) is 30.6. The van der Waals surface area contributed by atoms with Gasteiger partial charge in [0.25, 0.3) is 6.71 Å². The van der Waals surface area contributed by atoms with Crippen molar-refractivity contribution in [3.63, 3.8) is 0 Å². The standard InChI is InChI=1S/C62H75BN2S/c1-56(2,3)39-23-26-42(27-24-39)64-48-37-45-44(59(10,11)29-30-60(45,12)13)36-46(48)63-52-49(64)34-41(58(7,8)9)35-50(52)65(53-51-54(66-55(53)63)62(16,17)32-31-61(51,14)15)47-28-25-40(57(4,5)6)33-43(47)38-21-19-18-20-22-38/h18-28,33-37H,29-32H2,1-17H3. The molecule has 0 saturated carbocycles.